The van der Waals surface area contributed by atoms with Gasteiger partial charge in [0.05, 0.1) is 0 Å². The van der Waals surface area contributed by atoms with Gasteiger partial charge in [-0.3, -0.25) is 0 Å². The molecule has 1 aromatic rings. The predicted molar refractivity (Wildman–Crippen MR) is 54.4 cm³/mol. The number of thiol groups is 1. The van der Waals surface area contributed by atoms with Crippen LogP contribution in [0, 0.1) is 5.95 Å². The minimum Gasteiger partial charge on any atom is -0.313 e. The molecule has 0 saturated carbocycles. The molecule has 0 spiro atoms. The highest BCUT2D eigenvalue weighted by Crippen LogP contribution is 1.99. The lowest BCUT2D eigenvalue weighted by molar-refractivity contribution is 0.578. The van der Waals surface area contributed by atoms with E-state index >= 15 is 0 Å². The Morgan fingerprint density at radius 1 is 1.54 bits per heavy atom. The third-order valence-corrected chi connectivity index (χ3v) is 1.95. The molecule has 4 heteroatoms. The molecule has 0 atom stereocenters. The van der Waals surface area contributed by atoms with Crippen LogP contribution in [0.4, 0.5) is 4.39 Å². The molecule has 0 unspecified atom stereocenters. The van der Waals surface area contributed by atoms with Crippen LogP contribution in [-0.4, -0.2) is 17.3 Å². The summed E-state index contributed by atoms with van der Waals surface area (Å²) < 4.78 is 12.6. The van der Waals surface area contributed by atoms with E-state index in [2.05, 4.69) is 22.9 Å². The number of hydrogen-bond acceptors (Lipinski definition) is 3. The molecule has 0 aliphatic carbocycles. The molecule has 1 heterocycles. The van der Waals surface area contributed by atoms with E-state index in [0.717, 1.165) is 24.3 Å². The molecule has 0 aliphatic heterocycles. The van der Waals surface area contributed by atoms with Gasteiger partial charge in [-0.05, 0) is 36.4 Å². The van der Waals surface area contributed by atoms with Crippen LogP contribution in [-0.2, 0) is 6.54 Å². The minimum absolute atomic E-state index is 0.423. The van der Waals surface area contributed by atoms with E-state index in [4.69, 9.17) is 0 Å². The van der Waals surface area contributed by atoms with Crippen LogP contribution in [0.25, 0.3) is 0 Å². The van der Waals surface area contributed by atoms with Crippen LogP contribution >= 0.6 is 12.6 Å². The molecule has 0 bridgehead atoms. The van der Waals surface area contributed by atoms with Gasteiger partial charge in [-0.1, -0.05) is 0 Å². The largest absolute Gasteiger partial charge is 0.313 e. The van der Waals surface area contributed by atoms with Crippen molar-refractivity contribution in [3.05, 3.63) is 29.8 Å². The molecule has 72 valence electrons. The third kappa shape index (κ3) is 4.24. The summed E-state index contributed by atoms with van der Waals surface area (Å²) >= 11 is 4.09. The maximum absolute atomic E-state index is 12.6. The fraction of sp³-hybridized carbons (Fsp3) is 0.444. The highest BCUT2D eigenvalue weighted by Gasteiger charge is 1.94. The van der Waals surface area contributed by atoms with Crippen LogP contribution in [0.2, 0.25) is 0 Å². The summed E-state index contributed by atoms with van der Waals surface area (Å²) in [6, 6.07) is 3.24. The second kappa shape index (κ2) is 5.94. The molecule has 2 nitrogen and oxygen atoms in total. The van der Waals surface area contributed by atoms with E-state index in [-0.39, 0.29) is 0 Å². The van der Waals surface area contributed by atoms with Gasteiger partial charge in [-0.2, -0.15) is 17.0 Å². The smallest absolute Gasteiger partial charge is 0.213 e. The van der Waals surface area contributed by atoms with Crippen LogP contribution in [0.3, 0.4) is 0 Å². The average molecular weight is 200 g/mol. The Labute approximate surface area is 83.0 Å². The first-order valence-electron chi connectivity index (χ1n) is 4.25. The Hall–Kier alpha value is -0.610. The molecule has 0 aliphatic rings. The van der Waals surface area contributed by atoms with Crippen molar-refractivity contribution in [1.82, 2.24) is 10.3 Å². The van der Waals surface area contributed by atoms with Gasteiger partial charge in [-0.25, -0.2) is 4.98 Å². The van der Waals surface area contributed by atoms with Crippen molar-refractivity contribution >= 4 is 12.6 Å². The highest BCUT2D eigenvalue weighted by molar-refractivity contribution is 7.80. The Morgan fingerprint density at radius 2 is 2.38 bits per heavy atom. The highest BCUT2D eigenvalue weighted by atomic mass is 32.1. The average Bonchev–Trinajstić information content (AvgIpc) is 2.13. The van der Waals surface area contributed by atoms with Crippen LogP contribution in [0.5, 0.6) is 0 Å². The van der Waals surface area contributed by atoms with Crippen molar-refractivity contribution in [2.45, 2.75) is 13.0 Å². The van der Waals surface area contributed by atoms with Crippen molar-refractivity contribution in [3.8, 4) is 0 Å². The first-order valence-corrected chi connectivity index (χ1v) is 4.88. The van der Waals surface area contributed by atoms with Gasteiger partial charge in [0.2, 0.25) is 5.95 Å². The van der Waals surface area contributed by atoms with E-state index in [9.17, 15) is 4.39 Å². The maximum atomic E-state index is 12.6. The number of aromatic nitrogens is 1. The lowest BCUT2D eigenvalue weighted by atomic mass is 10.2. The van der Waals surface area contributed by atoms with Gasteiger partial charge in [0.1, 0.15) is 0 Å². The second-order valence-electron chi connectivity index (χ2n) is 2.74. The first kappa shape index (κ1) is 10.5. The van der Waals surface area contributed by atoms with E-state index < -0.39 is 5.95 Å². The molecule has 13 heavy (non-hydrogen) atoms. The zero-order chi connectivity index (χ0) is 9.52. The van der Waals surface area contributed by atoms with Crippen molar-refractivity contribution in [2.24, 2.45) is 0 Å². The quantitative estimate of drug-likeness (QED) is 0.429. The summed E-state index contributed by atoms with van der Waals surface area (Å²) in [5.41, 5.74) is 0.923. The molecule has 1 N–H and O–H groups in total. The Balaban J connectivity index is 2.28. The summed E-state index contributed by atoms with van der Waals surface area (Å²) in [5, 5.41) is 3.19. The molecule has 0 radical (unpaired) electrons. The van der Waals surface area contributed by atoms with Crippen LogP contribution < -0.4 is 5.32 Å². The Kier molecular flexibility index (Phi) is 4.78. The number of rotatable bonds is 5. The molecule has 1 rings (SSSR count). The SMILES string of the molecule is Fc1cc(CNCCCS)ccn1. The zero-order valence-corrected chi connectivity index (χ0v) is 8.23. The fourth-order valence-corrected chi connectivity index (χ4v) is 1.15. The van der Waals surface area contributed by atoms with Crippen molar-refractivity contribution < 1.29 is 4.39 Å². The van der Waals surface area contributed by atoms with Crippen molar-refractivity contribution in [3.63, 3.8) is 0 Å². The number of halogens is 1. The van der Waals surface area contributed by atoms with Crippen molar-refractivity contribution in [1.29, 1.82) is 0 Å². The van der Waals surface area contributed by atoms with E-state index in [1.54, 1.807) is 6.07 Å². The summed E-state index contributed by atoms with van der Waals surface area (Å²) in [6.45, 7) is 1.60. The molecule has 0 amide bonds. The molecule has 0 fully saturated rings. The number of pyridine rings is 1. The lowest BCUT2D eigenvalue weighted by Gasteiger charge is -2.02. The number of nitrogens with zero attached hydrogens (tertiary/aromatic N) is 1. The summed E-state index contributed by atoms with van der Waals surface area (Å²) in [4.78, 5) is 3.48. The first-order chi connectivity index (χ1) is 6.33. The number of nitrogens with one attached hydrogen (secondary N) is 1. The summed E-state index contributed by atoms with van der Waals surface area (Å²) in [5.74, 6) is 0.450. The maximum Gasteiger partial charge on any atom is 0.213 e. The second-order valence-corrected chi connectivity index (χ2v) is 3.19. The van der Waals surface area contributed by atoms with E-state index in [1.807, 2.05) is 0 Å². The monoisotopic (exact) mass is 200 g/mol. The van der Waals surface area contributed by atoms with E-state index in [1.165, 1.54) is 12.3 Å². The van der Waals surface area contributed by atoms with Gasteiger partial charge in [0.15, 0.2) is 0 Å². The van der Waals surface area contributed by atoms with Gasteiger partial charge in [-0.15, -0.1) is 0 Å². The summed E-state index contributed by atoms with van der Waals surface area (Å²) in [6.07, 6.45) is 2.50. The normalized spacial score (nSPS) is 10.3. The topological polar surface area (TPSA) is 24.9 Å². The Morgan fingerprint density at radius 3 is 3.08 bits per heavy atom. The van der Waals surface area contributed by atoms with E-state index in [0.29, 0.717) is 6.54 Å². The van der Waals surface area contributed by atoms with Crippen LogP contribution in [0.1, 0.15) is 12.0 Å². The summed E-state index contributed by atoms with van der Waals surface area (Å²) in [7, 11) is 0. The minimum atomic E-state index is -0.423. The third-order valence-electron chi connectivity index (χ3n) is 1.63. The molecule has 1 aromatic heterocycles. The number of hydrogen-bond donors (Lipinski definition) is 2. The van der Waals surface area contributed by atoms with Gasteiger partial charge in [0.25, 0.3) is 0 Å². The van der Waals surface area contributed by atoms with Gasteiger partial charge < -0.3 is 5.32 Å². The predicted octanol–water partition coefficient (Wildman–Crippen LogP) is 1.63. The standard InChI is InChI=1S/C9H13FN2S/c10-9-6-8(2-4-12-9)7-11-3-1-5-13/h2,4,6,11,13H,1,3,5,7H2. The molecular formula is C9H13FN2S. The van der Waals surface area contributed by atoms with Crippen molar-refractivity contribution in [2.75, 3.05) is 12.3 Å². The van der Waals surface area contributed by atoms with Crippen LogP contribution in [0.15, 0.2) is 18.3 Å². The lowest BCUT2D eigenvalue weighted by Crippen LogP contribution is -2.15. The molecule has 0 saturated heterocycles. The molecule has 0 aromatic carbocycles. The zero-order valence-electron chi connectivity index (χ0n) is 7.33. The fourth-order valence-electron chi connectivity index (χ4n) is 0.989. The molecular weight excluding hydrogens is 187 g/mol. The Bertz CT molecular complexity index is 255. The van der Waals surface area contributed by atoms with Gasteiger partial charge >= 0.3 is 0 Å². The van der Waals surface area contributed by atoms with Gasteiger partial charge in [0, 0.05) is 12.7 Å².